The average molecular weight is 181 g/mol. The Morgan fingerprint density at radius 2 is 2.00 bits per heavy atom. The molecule has 0 atom stereocenters. The summed E-state index contributed by atoms with van der Waals surface area (Å²) in [4.78, 5) is 14.8. The summed E-state index contributed by atoms with van der Waals surface area (Å²) in [5.41, 5.74) is 1.37. The van der Waals surface area contributed by atoms with E-state index in [2.05, 4.69) is 9.72 Å². The zero-order valence-corrected chi connectivity index (χ0v) is 8.50. The molecule has 0 saturated heterocycles. The normalized spacial score (nSPS) is 8.31. The lowest BCUT2D eigenvalue weighted by molar-refractivity contribution is 0.0600. The molecular formula is C10H15NO2. The summed E-state index contributed by atoms with van der Waals surface area (Å²) in [6.45, 7) is 5.86. The Balaban J connectivity index is 0.000000671. The summed E-state index contributed by atoms with van der Waals surface area (Å²) in [5, 5.41) is 0. The number of esters is 1. The van der Waals surface area contributed by atoms with E-state index >= 15 is 0 Å². The van der Waals surface area contributed by atoms with Crippen LogP contribution in [0.15, 0.2) is 18.3 Å². The van der Waals surface area contributed by atoms with E-state index in [0.717, 1.165) is 5.69 Å². The van der Waals surface area contributed by atoms with Gasteiger partial charge in [-0.15, -0.1) is 0 Å². The van der Waals surface area contributed by atoms with Gasteiger partial charge in [-0.25, -0.2) is 4.79 Å². The lowest BCUT2D eigenvalue weighted by Crippen LogP contribution is -2.01. The fourth-order valence-corrected chi connectivity index (χ4v) is 0.706. The van der Waals surface area contributed by atoms with Crippen LogP contribution in [0.3, 0.4) is 0 Å². The maximum absolute atomic E-state index is 10.9. The molecule has 0 aliphatic carbocycles. The van der Waals surface area contributed by atoms with E-state index in [4.69, 9.17) is 0 Å². The Bertz CT molecular complexity index is 254. The third kappa shape index (κ3) is 3.69. The molecule has 1 rings (SSSR count). The second kappa shape index (κ2) is 6.17. The van der Waals surface area contributed by atoms with Crippen molar-refractivity contribution in [3.05, 3.63) is 29.6 Å². The van der Waals surface area contributed by atoms with Crippen molar-refractivity contribution in [3.63, 3.8) is 0 Å². The zero-order chi connectivity index (χ0) is 10.3. The molecule has 13 heavy (non-hydrogen) atoms. The predicted molar refractivity (Wildman–Crippen MR) is 51.7 cm³/mol. The highest BCUT2D eigenvalue weighted by Gasteiger charge is 2.02. The van der Waals surface area contributed by atoms with Gasteiger partial charge in [0, 0.05) is 11.9 Å². The van der Waals surface area contributed by atoms with E-state index in [0.29, 0.717) is 5.56 Å². The first-order valence-electron chi connectivity index (χ1n) is 4.25. The van der Waals surface area contributed by atoms with Crippen LogP contribution in [0, 0.1) is 6.92 Å². The van der Waals surface area contributed by atoms with Crippen LogP contribution in [0.25, 0.3) is 0 Å². The summed E-state index contributed by atoms with van der Waals surface area (Å²) >= 11 is 0. The number of nitrogens with zero attached hydrogens (tertiary/aromatic N) is 1. The van der Waals surface area contributed by atoms with Gasteiger partial charge in [-0.05, 0) is 19.1 Å². The lowest BCUT2D eigenvalue weighted by Gasteiger charge is -1.97. The van der Waals surface area contributed by atoms with Gasteiger partial charge in [0.05, 0.1) is 12.7 Å². The van der Waals surface area contributed by atoms with E-state index < -0.39 is 0 Å². The number of pyridine rings is 1. The third-order valence-corrected chi connectivity index (χ3v) is 1.33. The number of aromatic nitrogens is 1. The lowest BCUT2D eigenvalue weighted by atomic mass is 10.2. The molecule has 0 N–H and O–H groups in total. The maximum atomic E-state index is 10.9. The van der Waals surface area contributed by atoms with Gasteiger partial charge in [-0.3, -0.25) is 4.98 Å². The molecule has 0 amide bonds. The molecule has 0 aromatic carbocycles. The molecule has 1 heterocycles. The van der Waals surface area contributed by atoms with Crippen LogP contribution in [0.1, 0.15) is 29.9 Å². The van der Waals surface area contributed by atoms with Crippen LogP contribution in [0.2, 0.25) is 0 Å². The topological polar surface area (TPSA) is 39.2 Å². The first kappa shape index (κ1) is 11.6. The van der Waals surface area contributed by atoms with Crippen LogP contribution in [-0.4, -0.2) is 18.1 Å². The molecule has 3 heteroatoms. The molecule has 1 aromatic rings. The van der Waals surface area contributed by atoms with Crippen molar-refractivity contribution >= 4 is 5.97 Å². The molecule has 72 valence electrons. The molecule has 0 aliphatic rings. The minimum atomic E-state index is -0.350. The van der Waals surface area contributed by atoms with Crippen LogP contribution < -0.4 is 0 Å². The molecule has 0 unspecified atom stereocenters. The van der Waals surface area contributed by atoms with Crippen LogP contribution in [0.5, 0.6) is 0 Å². The minimum absolute atomic E-state index is 0.350. The quantitative estimate of drug-likeness (QED) is 0.623. The van der Waals surface area contributed by atoms with Crippen molar-refractivity contribution in [3.8, 4) is 0 Å². The van der Waals surface area contributed by atoms with Gasteiger partial charge in [-0.1, -0.05) is 13.8 Å². The highest BCUT2D eigenvalue weighted by atomic mass is 16.5. The summed E-state index contributed by atoms with van der Waals surface area (Å²) in [7, 11) is 1.35. The molecule has 0 spiro atoms. The second-order valence-corrected chi connectivity index (χ2v) is 2.18. The first-order chi connectivity index (χ1) is 6.24. The van der Waals surface area contributed by atoms with Crippen LogP contribution in [-0.2, 0) is 4.74 Å². The van der Waals surface area contributed by atoms with E-state index in [-0.39, 0.29) is 5.97 Å². The zero-order valence-electron chi connectivity index (χ0n) is 8.50. The van der Waals surface area contributed by atoms with Crippen molar-refractivity contribution in [2.24, 2.45) is 0 Å². The smallest absolute Gasteiger partial charge is 0.339 e. The van der Waals surface area contributed by atoms with Gasteiger partial charge in [0.1, 0.15) is 0 Å². The van der Waals surface area contributed by atoms with Crippen LogP contribution in [0.4, 0.5) is 0 Å². The van der Waals surface area contributed by atoms with Gasteiger partial charge >= 0.3 is 5.97 Å². The number of carbonyl (C=O) groups excluding carboxylic acids is 1. The third-order valence-electron chi connectivity index (χ3n) is 1.33. The van der Waals surface area contributed by atoms with E-state index in [1.807, 2.05) is 20.8 Å². The Labute approximate surface area is 78.8 Å². The number of methoxy groups -OCH3 is 1. The predicted octanol–water partition coefficient (Wildman–Crippen LogP) is 2.20. The van der Waals surface area contributed by atoms with Gasteiger partial charge in [0.15, 0.2) is 0 Å². The van der Waals surface area contributed by atoms with Gasteiger partial charge in [0.2, 0.25) is 0 Å². The average Bonchev–Trinajstić information content (AvgIpc) is 2.21. The molecule has 0 fully saturated rings. The van der Waals surface area contributed by atoms with E-state index in [9.17, 15) is 4.79 Å². The Kier molecular flexibility index (Phi) is 5.52. The first-order valence-corrected chi connectivity index (χ1v) is 4.25. The number of rotatable bonds is 1. The number of hydrogen-bond donors (Lipinski definition) is 0. The Hall–Kier alpha value is -1.38. The summed E-state index contributed by atoms with van der Waals surface area (Å²) in [6.07, 6.45) is 1.50. The Morgan fingerprint density at radius 3 is 2.38 bits per heavy atom. The molecule has 3 nitrogen and oxygen atoms in total. The number of carbonyl (C=O) groups is 1. The van der Waals surface area contributed by atoms with E-state index in [1.165, 1.54) is 13.3 Å². The Morgan fingerprint density at radius 1 is 1.38 bits per heavy atom. The number of aryl methyl sites for hydroxylation is 1. The van der Waals surface area contributed by atoms with Gasteiger partial charge < -0.3 is 4.74 Å². The molecular weight excluding hydrogens is 166 g/mol. The van der Waals surface area contributed by atoms with Gasteiger partial charge in [-0.2, -0.15) is 0 Å². The molecule has 0 bridgehead atoms. The fraction of sp³-hybridized carbons (Fsp3) is 0.400. The maximum Gasteiger partial charge on any atom is 0.339 e. The van der Waals surface area contributed by atoms with E-state index in [1.54, 1.807) is 12.1 Å². The molecule has 0 radical (unpaired) electrons. The largest absolute Gasteiger partial charge is 0.465 e. The summed E-state index contributed by atoms with van der Waals surface area (Å²) < 4.78 is 4.50. The molecule has 1 aromatic heterocycles. The summed E-state index contributed by atoms with van der Waals surface area (Å²) in [5.74, 6) is -0.350. The highest BCUT2D eigenvalue weighted by molar-refractivity contribution is 5.88. The monoisotopic (exact) mass is 181 g/mol. The highest BCUT2D eigenvalue weighted by Crippen LogP contribution is 1.99. The van der Waals surface area contributed by atoms with Crippen molar-refractivity contribution < 1.29 is 9.53 Å². The number of ether oxygens (including phenoxy) is 1. The second-order valence-electron chi connectivity index (χ2n) is 2.18. The summed E-state index contributed by atoms with van der Waals surface area (Å²) in [6, 6.07) is 3.46. The van der Waals surface area contributed by atoms with Crippen molar-refractivity contribution in [2.45, 2.75) is 20.8 Å². The number of hydrogen-bond acceptors (Lipinski definition) is 3. The SMILES string of the molecule is CC.COC(=O)c1ccc(C)nc1. The van der Waals surface area contributed by atoms with Gasteiger partial charge in [0.25, 0.3) is 0 Å². The van der Waals surface area contributed by atoms with Crippen molar-refractivity contribution in [1.82, 2.24) is 4.98 Å². The molecule has 0 aliphatic heterocycles. The van der Waals surface area contributed by atoms with Crippen molar-refractivity contribution in [1.29, 1.82) is 0 Å². The standard InChI is InChI=1S/C8H9NO2.C2H6/c1-6-3-4-7(5-9-6)8(10)11-2;1-2/h3-5H,1-2H3;1-2H3. The minimum Gasteiger partial charge on any atom is -0.465 e. The molecule has 0 saturated carbocycles. The fourth-order valence-electron chi connectivity index (χ4n) is 0.706. The van der Waals surface area contributed by atoms with Crippen LogP contribution >= 0.6 is 0 Å². The van der Waals surface area contributed by atoms with Crippen molar-refractivity contribution in [2.75, 3.05) is 7.11 Å².